The number of hydrogen-bond acceptors (Lipinski definition) is 4. The highest BCUT2D eigenvalue weighted by atomic mass is 16.7. The fourth-order valence-electron chi connectivity index (χ4n) is 3.09. The van der Waals surface area contributed by atoms with Crippen molar-refractivity contribution in [2.24, 2.45) is 0 Å². The van der Waals surface area contributed by atoms with Gasteiger partial charge in [-0.1, -0.05) is 17.7 Å². The van der Waals surface area contributed by atoms with Gasteiger partial charge in [0.15, 0.2) is 0 Å². The van der Waals surface area contributed by atoms with Crippen LogP contribution in [0.2, 0.25) is 0 Å². The molecule has 0 unspecified atom stereocenters. The number of rotatable bonds is 6. The highest BCUT2D eigenvalue weighted by Crippen LogP contribution is 2.36. The number of benzene rings is 1. The van der Waals surface area contributed by atoms with E-state index in [2.05, 4.69) is 53.7 Å². The standard InChI is InChI=1S/C20H31BO4/c1-8-23-18(22)11-9-10-16-12-14(2)13-17(15(16)3)21-24-19(4,5)20(6,7)25-21/h12-13H,8-11H2,1-7H3. The predicted octanol–water partition coefficient (Wildman–Crippen LogP) is 3.49. The highest BCUT2D eigenvalue weighted by Gasteiger charge is 2.52. The second-order valence-corrected chi connectivity index (χ2v) is 7.89. The molecule has 1 aliphatic heterocycles. The normalized spacial score (nSPS) is 18.4. The maximum absolute atomic E-state index is 11.5. The van der Waals surface area contributed by atoms with Gasteiger partial charge in [-0.25, -0.2) is 0 Å². The summed E-state index contributed by atoms with van der Waals surface area (Å²) >= 11 is 0. The van der Waals surface area contributed by atoms with Crippen LogP contribution < -0.4 is 5.46 Å². The van der Waals surface area contributed by atoms with Gasteiger partial charge in [-0.05, 0) is 77.9 Å². The van der Waals surface area contributed by atoms with Gasteiger partial charge < -0.3 is 14.0 Å². The summed E-state index contributed by atoms with van der Waals surface area (Å²) in [6.45, 7) is 14.7. The first-order chi connectivity index (χ1) is 11.6. The Morgan fingerprint density at radius 3 is 2.28 bits per heavy atom. The fourth-order valence-corrected chi connectivity index (χ4v) is 3.09. The molecule has 0 N–H and O–H groups in total. The largest absolute Gasteiger partial charge is 0.495 e. The molecule has 25 heavy (non-hydrogen) atoms. The summed E-state index contributed by atoms with van der Waals surface area (Å²) in [4.78, 5) is 11.5. The summed E-state index contributed by atoms with van der Waals surface area (Å²) in [5.41, 5.74) is 4.00. The highest BCUT2D eigenvalue weighted by molar-refractivity contribution is 6.62. The lowest BCUT2D eigenvalue weighted by atomic mass is 9.74. The van der Waals surface area contributed by atoms with Crippen LogP contribution in [0.25, 0.3) is 0 Å². The fraction of sp³-hybridized carbons (Fsp3) is 0.650. The zero-order valence-electron chi connectivity index (χ0n) is 16.7. The Kier molecular flexibility index (Phi) is 6.00. The van der Waals surface area contributed by atoms with E-state index in [1.807, 2.05) is 6.92 Å². The smallest absolute Gasteiger partial charge is 0.466 e. The Bertz CT molecular complexity index is 621. The van der Waals surface area contributed by atoms with Gasteiger partial charge in [0.25, 0.3) is 0 Å². The SMILES string of the molecule is CCOC(=O)CCCc1cc(C)cc(B2OC(C)(C)C(C)(C)O2)c1C. The molecule has 5 heteroatoms. The summed E-state index contributed by atoms with van der Waals surface area (Å²) in [5.74, 6) is -0.126. The molecule has 0 aliphatic carbocycles. The van der Waals surface area contributed by atoms with E-state index in [1.54, 1.807) is 0 Å². The van der Waals surface area contributed by atoms with E-state index in [0.717, 1.165) is 18.3 Å². The van der Waals surface area contributed by atoms with Crippen molar-refractivity contribution in [2.75, 3.05) is 6.61 Å². The van der Waals surface area contributed by atoms with Crippen molar-refractivity contribution in [1.82, 2.24) is 0 Å². The molecule has 1 aromatic rings. The van der Waals surface area contributed by atoms with Crippen LogP contribution in [0.3, 0.4) is 0 Å². The molecule has 0 bridgehead atoms. The van der Waals surface area contributed by atoms with Crippen LogP contribution in [0.15, 0.2) is 12.1 Å². The predicted molar refractivity (Wildman–Crippen MR) is 101 cm³/mol. The van der Waals surface area contributed by atoms with Gasteiger partial charge in [0.2, 0.25) is 0 Å². The molecule has 0 spiro atoms. The van der Waals surface area contributed by atoms with Crippen molar-refractivity contribution in [2.45, 2.75) is 78.9 Å². The van der Waals surface area contributed by atoms with Gasteiger partial charge >= 0.3 is 13.1 Å². The van der Waals surface area contributed by atoms with E-state index in [9.17, 15) is 4.79 Å². The molecular formula is C20H31BO4. The van der Waals surface area contributed by atoms with Crippen molar-refractivity contribution < 1.29 is 18.8 Å². The van der Waals surface area contributed by atoms with E-state index in [4.69, 9.17) is 14.0 Å². The Morgan fingerprint density at radius 2 is 1.72 bits per heavy atom. The average molecular weight is 346 g/mol. The lowest BCUT2D eigenvalue weighted by Crippen LogP contribution is -2.41. The zero-order valence-corrected chi connectivity index (χ0v) is 16.7. The summed E-state index contributed by atoms with van der Waals surface area (Å²) in [6.07, 6.45) is 2.08. The number of carbonyl (C=O) groups excluding carboxylic acids is 1. The molecular weight excluding hydrogens is 315 g/mol. The zero-order chi connectivity index (χ0) is 18.8. The Hall–Kier alpha value is -1.33. The molecule has 0 saturated carbocycles. The number of carbonyl (C=O) groups is 1. The molecule has 138 valence electrons. The third kappa shape index (κ3) is 4.45. The van der Waals surface area contributed by atoms with Crippen molar-refractivity contribution in [1.29, 1.82) is 0 Å². The first-order valence-electron chi connectivity index (χ1n) is 9.18. The molecule has 1 aromatic carbocycles. The van der Waals surface area contributed by atoms with Crippen LogP contribution in [0.5, 0.6) is 0 Å². The summed E-state index contributed by atoms with van der Waals surface area (Å²) < 4.78 is 17.4. The molecule has 0 atom stereocenters. The summed E-state index contributed by atoms with van der Waals surface area (Å²) in [5, 5.41) is 0. The quantitative estimate of drug-likeness (QED) is 0.584. The number of hydrogen-bond donors (Lipinski definition) is 0. The Morgan fingerprint density at radius 1 is 1.12 bits per heavy atom. The van der Waals surface area contributed by atoms with Gasteiger partial charge in [-0.15, -0.1) is 0 Å². The van der Waals surface area contributed by atoms with Crippen molar-refractivity contribution >= 4 is 18.6 Å². The first kappa shape index (κ1) is 20.0. The summed E-state index contributed by atoms with van der Waals surface area (Å²) in [6, 6.07) is 4.33. The third-order valence-electron chi connectivity index (χ3n) is 5.34. The van der Waals surface area contributed by atoms with Crippen molar-refractivity contribution in [3.05, 3.63) is 28.8 Å². The number of aryl methyl sites for hydroxylation is 2. The van der Waals surface area contributed by atoms with E-state index in [1.165, 1.54) is 16.7 Å². The minimum atomic E-state index is -0.353. The third-order valence-corrected chi connectivity index (χ3v) is 5.34. The Labute approximate surface area is 152 Å². The minimum absolute atomic E-state index is 0.126. The van der Waals surface area contributed by atoms with Gasteiger partial charge in [-0.3, -0.25) is 4.79 Å². The van der Waals surface area contributed by atoms with Gasteiger partial charge in [0.1, 0.15) is 0 Å². The van der Waals surface area contributed by atoms with Gasteiger partial charge in [0, 0.05) is 6.42 Å². The monoisotopic (exact) mass is 346 g/mol. The molecule has 0 amide bonds. The molecule has 4 nitrogen and oxygen atoms in total. The van der Waals surface area contributed by atoms with Crippen molar-refractivity contribution in [3.8, 4) is 0 Å². The van der Waals surface area contributed by atoms with E-state index in [0.29, 0.717) is 13.0 Å². The van der Waals surface area contributed by atoms with Crippen LogP contribution in [0.1, 0.15) is 64.2 Å². The van der Waals surface area contributed by atoms with Crippen LogP contribution in [0, 0.1) is 13.8 Å². The topological polar surface area (TPSA) is 44.8 Å². The number of esters is 1. The second-order valence-electron chi connectivity index (χ2n) is 7.89. The lowest BCUT2D eigenvalue weighted by molar-refractivity contribution is -0.143. The molecule has 1 heterocycles. The average Bonchev–Trinajstić information content (AvgIpc) is 2.70. The molecule has 1 aliphatic rings. The Balaban J connectivity index is 2.16. The summed E-state index contributed by atoms with van der Waals surface area (Å²) in [7, 11) is -0.353. The van der Waals surface area contributed by atoms with Gasteiger partial charge in [-0.2, -0.15) is 0 Å². The minimum Gasteiger partial charge on any atom is -0.466 e. The van der Waals surface area contributed by atoms with Crippen LogP contribution in [-0.4, -0.2) is 30.9 Å². The van der Waals surface area contributed by atoms with Crippen LogP contribution in [0.4, 0.5) is 0 Å². The molecule has 0 aromatic heterocycles. The van der Waals surface area contributed by atoms with E-state index >= 15 is 0 Å². The molecule has 0 radical (unpaired) electrons. The number of ether oxygens (including phenoxy) is 1. The maximum atomic E-state index is 11.5. The first-order valence-corrected chi connectivity index (χ1v) is 9.18. The van der Waals surface area contributed by atoms with Crippen molar-refractivity contribution in [3.63, 3.8) is 0 Å². The maximum Gasteiger partial charge on any atom is 0.495 e. The van der Waals surface area contributed by atoms with E-state index < -0.39 is 0 Å². The molecule has 1 fully saturated rings. The van der Waals surface area contributed by atoms with Crippen LogP contribution >= 0.6 is 0 Å². The second kappa shape index (κ2) is 7.51. The van der Waals surface area contributed by atoms with Crippen LogP contribution in [-0.2, 0) is 25.3 Å². The molecule has 2 rings (SSSR count). The van der Waals surface area contributed by atoms with Gasteiger partial charge in [0.05, 0.1) is 17.8 Å². The molecule has 1 saturated heterocycles. The lowest BCUT2D eigenvalue weighted by Gasteiger charge is -2.32. The van der Waals surface area contributed by atoms with E-state index in [-0.39, 0.29) is 24.3 Å².